The number of allylic oxidation sites excluding steroid dienone is 1. The third kappa shape index (κ3) is 4.98. The number of ether oxygens (including phenoxy) is 2. The molecule has 1 fully saturated rings. The topological polar surface area (TPSA) is 103 Å². The summed E-state index contributed by atoms with van der Waals surface area (Å²) < 4.78 is 11.0. The van der Waals surface area contributed by atoms with Crippen LogP contribution in [0.15, 0.2) is 59.7 Å². The van der Waals surface area contributed by atoms with Gasteiger partial charge in [-0.2, -0.15) is 5.10 Å². The lowest BCUT2D eigenvalue weighted by Gasteiger charge is -2.25. The van der Waals surface area contributed by atoms with Crippen LogP contribution in [0.4, 0.5) is 5.69 Å². The van der Waals surface area contributed by atoms with Crippen LogP contribution < -0.4 is 14.9 Å². The minimum absolute atomic E-state index is 0.141. The summed E-state index contributed by atoms with van der Waals surface area (Å²) in [5.41, 5.74) is 4.35. The maximum Gasteiger partial charge on any atom is 0.282 e. The highest BCUT2D eigenvalue weighted by Crippen LogP contribution is 2.35. The van der Waals surface area contributed by atoms with Crippen LogP contribution in [-0.2, 0) is 11.4 Å². The molecule has 150 valence electrons. The van der Waals surface area contributed by atoms with Crippen molar-refractivity contribution in [3.8, 4) is 11.5 Å². The minimum atomic E-state index is -0.534. The van der Waals surface area contributed by atoms with E-state index in [1.807, 2.05) is 30.3 Å². The number of nitro groups is 1. The predicted octanol–water partition coefficient (Wildman–Crippen LogP) is 3.60. The van der Waals surface area contributed by atoms with E-state index in [9.17, 15) is 14.9 Å². The van der Waals surface area contributed by atoms with Crippen LogP contribution >= 0.6 is 0 Å². The van der Waals surface area contributed by atoms with Crippen molar-refractivity contribution < 1.29 is 19.2 Å². The van der Waals surface area contributed by atoms with Gasteiger partial charge in [0.1, 0.15) is 6.61 Å². The molecule has 1 aliphatic rings. The van der Waals surface area contributed by atoms with E-state index in [0.717, 1.165) is 11.1 Å². The largest absolute Gasteiger partial charge is 0.493 e. The molecule has 3 rings (SSSR count). The van der Waals surface area contributed by atoms with Crippen molar-refractivity contribution in [3.05, 3.63) is 75.9 Å². The Kier molecular flexibility index (Phi) is 6.23. The van der Waals surface area contributed by atoms with E-state index in [0.29, 0.717) is 18.6 Å². The molecular weight excluding hydrogens is 374 g/mol. The summed E-state index contributed by atoms with van der Waals surface area (Å²) in [5, 5.41) is 15.4. The highest BCUT2D eigenvalue weighted by molar-refractivity contribution is 5.88. The molecule has 0 spiro atoms. The number of rotatable bonds is 8. The smallest absolute Gasteiger partial charge is 0.282 e. The molecule has 0 atom stereocenters. The number of amides is 1. The Labute approximate surface area is 168 Å². The van der Waals surface area contributed by atoms with Crippen molar-refractivity contribution in [2.24, 2.45) is 11.0 Å². The zero-order valence-electron chi connectivity index (χ0n) is 16.0. The number of benzene rings is 2. The molecule has 1 N–H and O–H groups in total. The molecular formula is C21H21N3O5. The van der Waals surface area contributed by atoms with Crippen LogP contribution in [0.1, 0.15) is 24.0 Å². The first-order valence-corrected chi connectivity index (χ1v) is 9.00. The van der Waals surface area contributed by atoms with Gasteiger partial charge in [-0.1, -0.05) is 42.5 Å². The van der Waals surface area contributed by atoms with E-state index in [1.165, 1.54) is 25.5 Å². The molecule has 0 aliphatic heterocycles. The molecule has 29 heavy (non-hydrogen) atoms. The molecule has 1 amide bonds. The summed E-state index contributed by atoms with van der Waals surface area (Å²) in [6, 6.07) is 12.2. The van der Waals surface area contributed by atoms with Crippen molar-refractivity contribution in [1.82, 2.24) is 5.43 Å². The van der Waals surface area contributed by atoms with Crippen LogP contribution in [0.25, 0.3) is 0 Å². The summed E-state index contributed by atoms with van der Waals surface area (Å²) in [6.45, 7) is 4.04. The molecule has 0 heterocycles. The number of nitrogens with zero attached hydrogens (tertiary/aromatic N) is 2. The van der Waals surface area contributed by atoms with E-state index < -0.39 is 4.92 Å². The predicted molar refractivity (Wildman–Crippen MR) is 108 cm³/mol. The number of nitro benzene ring substituents is 1. The van der Waals surface area contributed by atoms with Gasteiger partial charge in [-0.15, -0.1) is 0 Å². The van der Waals surface area contributed by atoms with Gasteiger partial charge in [-0.05, 0) is 24.5 Å². The third-order valence-corrected chi connectivity index (χ3v) is 4.57. The summed E-state index contributed by atoms with van der Waals surface area (Å²) in [6.07, 6.45) is 2.51. The van der Waals surface area contributed by atoms with E-state index >= 15 is 0 Å². The molecule has 0 bridgehead atoms. The first-order valence-electron chi connectivity index (χ1n) is 9.00. The first kappa shape index (κ1) is 20.1. The Morgan fingerprint density at radius 3 is 2.66 bits per heavy atom. The van der Waals surface area contributed by atoms with E-state index in [2.05, 4.69) is 17.1 Å². The zero-order valence-corrected chi connectivity index (χ0v) is 16.0. The van der Waals surface area contributed by atoms with Crippen LogP contribution in [0.2, 0.25) is 0 Å². The fourth-order valence-corrected chi connectivity index (χ4v) is 2.91. The van der Waals surface area contributed by atoms with Crippen molar-refractivity contribution >= 4 is 17.8 Å². The fourth-order valence-electron chi connectivity index (χ4n) is 2.91. The summed E-state index contributed by atoms with van der Waals surface area (Å²) in [7, 11) is 1.45. The Morgan fingerprint density at radius 1 is 1.31 bits per heavy atom. The van der Waals surface area contributed by atoms with E-state index in [-0.39, 0.29) is 35.4 Å². The lowest BCUT2D eigenvalue weighted by molar-refractivity contribution is -0.385. The molecule has 0 unspecified atom stereocenters. The normalized spacial score (nSPS) is 13.8. The fraction of sp³-hybridized carbons (Fsp3) is 0.238. The van der Waals surface area contributed by atoms with Crippen LogP contribution in [-0.4, -0.2) is 24.2 Å². The van der Waals surface area contributed by atoms with Crippen molar-refractivity contribution in [2.45, 2.75) is 19.4 Å². The summed E-state index contributed by atoms with van der Waals surface area (Å²) >= 11 is 0. The molecule has 2 aromatic carbocycles. The Hall–Kier alpha value is -3.68. The van der Waals surface area contributed by atoms with Gasteiger partial charge in [0.05, 0.1) is 29.9 Å². The summed E-state index contributed by atoms with van der Waals surface area (Å²) in [4.78, 5) is 22.9. The quantitative estimate of drug-likeness (QED) is 0.318. The second kappa shape index (κ2) is 9.01. The molecule has 0 radical (unpaired) electrons. The maximum atomic E-state index is 11.9. The Balaban J connectivity index is 1.76. The highest BCUT2D eigenvalue weighted by atomic mass is 16.6. The van der Waals surface area contributed by atoms with Gasteiger partial charge < -0.3 is 9.47 Å². The van der Waals surface area contributed by atoms with Gasteiger partial charge in [0.2, 0.25) is 5.91 Å². The number of methoxy groups -OCH3 is 1. The second-order valence-corrected chi connectivity index (χ2v) is 6.68. The SMILES string of the molecule is C=C1CC(C(=O)N/N=C\c2cc(OC)c(OCc3ccccc3)cc2[N+](=O)[O-])C1. The van der Waals surface area contributed by atoms with Crippen molar-refractivity contribution in [3.63, 3.8) is 0 Å². The van der Waals surface area contributed by atoms with Crippen LogP contribution in [0.3, 0.4) is 0 Å². The lowest BCUT2D eigenvalue weighted by atomic mass is 9.81. The average Bonchev–Trinajstić information content (AvgIpc) is 2.70. The van der Waals surface area contributed by atoms with Crippen molar-refractivity contribution in [2.75, 3.05) is 7.11 Å². The summed E-state index contributed by atoms with van der Waals surface area (Å²) in [5.74, 6) is 0.204. The first-order chi connectivity index (χ1) is 14.0. The van der Waals surface area contributed by atoms with Gasteiger partial charge in [0.15, 0.2) is 11.5 Å². The minimum Gasteiger partial charge on any atom is -0.493 e. The number of carbonyl (C=O) groups excluding carboxylic acids is 1. The molecule has 8 nitrogen and oxygen atoms in total. The molecule has 8 heteroatoms. The standard InChI is InChI=1S/C21H21N3O5/c1-14-8-16(9-14)21(25)23-22-12-17-10-19(28-2)20(11-18(17)24(26)27)29-13-15-6-4-3-5-7-15/h3-7,10-12,16H,1,8-9,13H2,2H3,(H,23,25)/b22-12-. The van der Waals surface area contributed by atoms with Crippen molar-refractivity contribution in [1.29, 1.82) is 0 Å². The number of nitrogens with one attached hydrogen (secondary N) is 1. The van der Waals surface area contributed by atoms with Gasteiger partial charge in [-0.25, -0.2) is 5.43 Å². The molecule has 1 aliphatic carbocycles. The van der Waals surface area contributed by atoms with Gasteiger partial charge in [-0.3, -0.25) is 14.9 Å². The van der Waals surface area contributed by atoms with Crippen LogP contribution in [0.5, 0.6) is 11.5 Å². The molecule has 2 aromatic rings. The molecule has 1 saturated carbocycles. The number of hydrogen-bond donors (Lipinski definition) is 1. The molecule has 0 saturated heterocycles. The number of hydrazone groups is 1. The monoisotopic (exact) mass is 395 g/mol. The Bertz CT molecular complexity index is 948. The van der Waals surface area contributed by atoms with E-state index in [4.69, 9.17) is 9.47 Å². The lowest BCUT2D eigenvalue weighted by Crippen LogP contribution is -2.32. The number of carbonyl (C=O) groups is 1. The Morgan fingerprint density at radius 2 is 2.03 bits per heavy atom. The zero-order chi connectivity index (χ0) is 20.8. The maximum absolute atomic E-state index is 11.9. The van der Waals surface area contributed by atoms with E-state index in [1.54, 1.807) is 0 Å². The number of hydrogen-bond acceptors (Lipinski definition) is 6. The van der Waals surface area contributed by atoms with Gasteiger partial charge in [0, 0.05) is 5.92 Å². The molecule has 0 aromatic heterocycles. The van der Waals surface area contributed by atoms with Crippen LogP contribution in [0, 0.1) is 16.0 Å². The second-order valence-electron chi connectivity index (χ2n) is 6.68. The van der Waals surface area contributed by atoms with Gasteiger partial charge >= 0.3 is 0 Å². The average molecular weight is 395 g/mol. The highest BCUT2D eigenvalue weighted by Gasteiger charge is 2.28. The third-order valence-electron chi connectivity index (χ3n) is 4.57. The van der Waals surface area contributed by atoms with Gasteiger partial charge in [0.25, 0.3) is 5.69 Å².